The molecule has 1 heterocycles. The van der Waals surface area contributed by atoms with Gasteiger partial charge in [0.2, 0.25) is 0 Å². The SMILES string of the molecule is CCN(CC)c1ccc(C2/C(=C(/O)c3ccccc3OC)C(=O)C(=O)N2c2ccc(C(C)C)cc2)cc1. The maximum atomic E-state index is 13.5. The van der Waals surface area contributed by atoms with E-state index in [1.165, 1.54) is 12.0 Å². The van der Waals surface area contributed by atoms with Gasteiger partial charge in [-0.2, -0.15) is 0 Å². The summed E-state index contributed by atoms with van der Waals surface area (Å²) in [4.78, 5) is 30.6. The number of para-hydroxylation sites is 1. The predicted molar refractivity (Wildman–Crippen MR) is 148 cm³/mol. The number of nitrogens with zero attached hydrogens (tertiary/aromatic N) is 2. The Morgan fingerprint density at radius 2 is 1.57 bits per heavy atom. The second-order valence-electron chi connectivity index (χ2n) is 9.38. The first-order valence-electron chi connectivity index (χ1n) is 12.7. The van der Waals surface area contributed by atoms with Crippen LogP contribution in [0.5, 0.6) is 5.75 Å². The number of carbonyl (C=O) groups excluding carboxylic acids is 2. The lowest BCUT2D eigenvalue weighted by atomic mass is 9.94. The molecular formula is C31H34N2O4. The van der Waals surface area contributed by atoms with E-state index in [1.54, 1.807) is 24.3 Å². The molecule has 1 atom stereocenters. The number of hydrogen-bond acceptors (Lipinski definition) is 5. The fraction of sp³-hybridized carbons (Fsp3) is 0.290. The minimum Gasteiger partial charge on any atom is -0.507 e. The van der Waals surface area contributed by atoms with Crippen LogP contribution >= 0.6 is 0 Å². The largest absolute Gasteiger partial charge is 0.507 e. The number of ether oxygens (including phenoxy) is 1. The Morgan fingerprint density at radius 3 is 2.14 bits per heavy atom. The average molecular weight is 499 g/mol. The number of hydrogen-bond donors (Lipinski definition) is 1. The molecule has 1 unspecified atom stereocenters. The van der Waals surface area contributed by atoms with Crippen molar-refractivity contribution in [3.8, 4) is 5.75 Å². The number of benzene rings is 3. The molecule has 3 aromatic rings. The molecule has 6 nitrogen and oxygen atoms in total. The number of anilines is 2. The van der Waals surface area contributed by atoms with Gasteiger partial charge in [0, 0.05) is 24.5 Å². The summed E-state index contributed by atoms with van der Waals surface area (Å²) in [7, 11) is 1.50. The summed E-state index contributed by atoms with van der Waals surface area (Å²) in [6.45, 7) is 10.1. The van der Waals surface area contributed by atoms with Crippen LogP contribution in [0.15, 0.2) is 78.4 Å². The van der Waals surface area contributed by atoms with E-state index in [2.05, 4.69) is 32.6 Å². The molecule has 192 valence electrons. The van der Waals surface area contributed by atoms with Gasteiger partial charge in [0.1, 0.15) is 11.5 Å². The zero-order valence-corrected chi connectivity index (χ0v) is 22.1. The van der Waals surface area contributed by atoms with Gasteiger partial charge in [0.15, 0.2) is 0 Å². The van der Waals surface area contributed by atoms with Crippen LogP contribution in [0.2, 0.25) is 0 Å². The molecule has 1 amide bonds. The summed E-state index contributed by atoms with van der Waals surface area (Å²) in [5.74, 6) is -0.905. The highest BCUT2D eigenvalue weighted by molar-refractivity contribution is 6.51. The van der Waals surface area contributed by atoms with E-state index in [4.69, 9.17) is 4.74 Å². The molecule has 0 bridgehead atoms. The first kappa shape index (κ1) is 26.0. The molecule has 1 N–H and O–H groups in total. The van der Waals surface area contributed by atoms with Crippen molar-refractivity contribution in [2.75, 3.05) is 30.0 Å². The van der Waals surface area contributed by atoms with Crippen LogP contribution in [0.1, 0.15) is 56.3 Å². The minimum atomic E-state index is -0.791. The average Bonchev–Trinajstić information content (AvgIpc) is 3.19. The van der Waals surface area contributed by atoms with Gasteiger partial charge in [0.25, 0.3) is 11.7 Å². The predicted octanol–water partition coefficient (Wildman–Crippen LogP) is 6.29. The number of Topliss-reactive ketones (excluding diaryl/α,β-unsaturated/α-hetero) is 1. The first-order chi connectivity index (χ1) is 17.8. The standard InChI is InChI=1S/C31H34N2O4/c1-6-32(7-2)23-16-14-22(15-17-23)28-27(29(34)25-10-8-9-11-26(25)37-5)30(35)31(36)33(28)24-18-12-21(13-19-24)20(3)4/h8-20,28,34H,6-7H2,1-5H3/b29-27-. The lowest BCUT2D eigenvalue weighted by Crippen LogP contribution is -2.29. The molecule has 0 radical (unpaired) electrons. The number of amides is 1. The van der Waals surface area contributed by atoms with Crippen molar-refractivity contribution in [3.63, 3.8) is 0 Å². The second-order valence-corrected chi connectivity index (χ2v) is 9.38. The van der Waals surface area contributed by atoms with Crippen molar-refractivity contribution in [3.05, 3.63) is 95.1 Å². The topological polar surface area (TPSA) is 70.1 Å². The quantitative estimate of drug-likeness (QED) is 0.224. The monoisotopic (exact) mass is 498 g/mol. The molecule has 1 aliphatic rings. The number of rotatable bonds is 8. The summed E-state index contributed by atoms with van der Waals surface area (Å²) >= 11 is 0. The molecule has 0 saturated carbocycles. The van der Waals surface area contributed by atoms with E-state index >= 15 is 0 Å². The lowest BCUT2D eigenvalue weighted by Gasteiger charge is -2.27. The van der Waals surface area contributed by atoms with Gasteiger partial charge in [-0.15, -0.1) is 0 Å². The highest BCUT2D eigenvalue weighted by Gasteiger charge is 2.47. The van der Waals surface area contributed by atoms with Crippen LogP contribution in [-0.4, -0.2) is 37.0 Å². The van der Waals surface area contributed by atoms with Gasteiger partial charge >= 0.3 is 0 Å². The molecule has 0 spiro atoms. The Hall–Kier alpha value is -4.06. The van der Waals surface area contributed by atoms with Crippen LogP contribution in [0.4, 0.5) is 11.4 Å². The van der Waals surface area contributed by atoms with Crippen molar-refractivity contribution >= 4 is 28.8 Å². The Morgan fingerprint density at radius 1 is 0.946 bits per heavy atom. The molecule has 1 fully saturated rings. The molecular weight excluding hydrogens is 464 g/mol. The zero-order chi connectivity index (χ0) is 26.7. The molecule has 4 rings (SSSR count). The minimum absolute atomic E-state index is 0.0398. The molecule has 1 aliphatic heterocycles. The summed E-state index contributed by atoms with van der Waals surface area (Å²) in [5.41, 5.74) is 3.93. The summed E-state index contributed by atoms with van der Waals surface area (Å²) < 4.78 is 5.43. The highest BCUT2D eigenvalue weighted by atomic mass is 16.5. The van der Waals surface area contributed by atoms with E-state index in [0.717, 1.165) is 29.9 Å². The van der Waals surface area contributed by atoms with Crippen molar-refractivity contribution in [1.82, 2.24) is 0 Å². The normalized spacial score (nSPS) is 16.9. The smallest absolute Gasteiger partial charge is 0.300 e. The maximum absolute atomic E-state index is 13.5. The summed E-state index contributed by atoms with van der Waals surface area (Å²) in [6.07, 6.45) is 0. The van der Waals surface area contributed by atoms with Crippen molar-refractivity contribution < 1.29 is 19.4 Å². The van der Waals surface area contributed by atoms with Crippen LogP contribution in [0.25, 0.3) is 5.76 Å². The van der Waals surface area contributed by atoms with Crippen LogP contribution in [0.3, 0.4) is 0 Å². The van der Waals surface area contributed by atoms with Gasteiger partial charge in [-0.05, 0) is 67.3 Å². The van der Waals surface area contributed by atoms with Gasteiger partial charge in [0.05, 0.1) is 24.3 Å². The fourth-order valence-corrected chi connectivity index (χ4v) is 4.88. The maximum Gasteiger partial charge on any atom is 0.300 e. The fourth-order valence-electron chi connectivity index (χ4n) is 4.88. The third-order valence-corrected chi connectivity index (χ3v) is 6.98. The first-order valence-corrected chi connectivity index (χ1v) is 12.7. The van der Waals surface area contributed by atoms with Crippen molar-refractivity contribution in [1.29, 1.82) is 0 Å². The summed E-state index contributed by atoms with van der Waals surface area (Å²) in [6, 6.07) is 21.6. The number of ketones is 1. The number of aliphatic hydroxyl groups is 1. The second kappa shape index (κ2) is 10.9. The molecule has 0 aliphatic carbocycles. The third kappa shape index (κ3) is 4.84. The van der Waals surface area contributed by atoms with Crippen LogP contribution in [-0.2, 0) is 9.59 Å². The van der Waals surface area contributed by atoms with Crippen LogP contribution < -0.4 is 14.5 Å². The van der Waals surface area contributed by atoms with Gasteiger partial charge in [-0.25, -0.2) is 0 Å². The third-order valence-electron chi connectivity index (χ3n) is 6.98. The Balaban J connectivity index is 1.90. The number of methoxy groups -OCH3 is 1. The molecule has 1 saturated heterocycles. The molecule has 6 heteroatoms. The Kier molecular flexibility index (Phi) is 7.67. The van der Waals surface area contributed by atoms with E-state index in [1.807, 2.05) is 48.5 Å². The van der Waals surface area contributed by atoms with Gasteiger partial charge < -0.3 is 14.7 Å². The van der Waals surface area contributed by atoms with Crippen molar-refractivity contribution in [2.45, 2.75) is 39.7 Å². The van der Waals surface area contributed by atoms with E-state index in [0.29, 0.717) is 22.9 Å². The van der Waals surface area contributed by atoms with Crippen molar-refractivity contribution in [2.24, 2.45) is 0 Å². The number of aliphatic hydroxyl groups excluding tert-OH is 1. The van der Waals surface area contributed by atoms with E-state index < -0.39 is 17.7 Å². The van der Waals surface area contributed by atoms with Gasteiger partial charge in [-0.3, -0.25) is 14.5 Å². The molecule has 3 aromatic carbocycles. The molecule has 0 aromatic heterocycles. The van der Waals surface area contributed by atoms with E-state index in [-0.39, 0.29) is 11.3 Å². The van der Waals surface area contributed by atoms with Gasteiger partial charge in [-0.1, -0.05) is 50.2 Å². The number of carbonyl (C=O) groups is 2. The zero-order valence-electron chi connectivity index (χ0n) is 22.1. The summed E-state index contributed by atoms with van der Waals surface area (Å²) in [5, 5.41) is 11.4. The highest BCUT2D eigenvalue weighted by Crippen LogP contribution is 2.43. The van der Waals surface area contributed by atoms with E-state index in [9.17, 15) is 14.7 Å². The van der Waals surface area contributed by atoms with Crippen LogP contribution in [0, 0.1) is 0 Å². The lowest BCUT2D eigenvalue weighted by molar-refractivity contribution is -0.132. The Labute approximate surface area is 218 Å². The molecule has 37 heavy (non-hydrogen) atoms. The Bertz CT molecular complexity index is 1310.